The number of hydrogen-bond donors (Lipinski definition) is 0. The molecule has 2 aromatic rings. The van der Waals surface area contributed by atoms with Crippen molar-refractivity contribution in [2.75, 3.05) is 0 Å². The molecule has 0 aliphatic rings. The highest BCUT2D eigenvalue weighted by molar-refractivity contribution is 5.28. The number of aryl methyl sites for hydroxylation is 4. The predicted molar refractivity (Wildman–Crippen MR) is 69.6 cm³/mol. The fraction of sp³-hybridized carbons (Fsp3) is 0.250. The van der Waals surface area contributed by atoms with Crippen molar-refractivity contribution in [2.24, 2.45) is 0 Å². The maximum Gasteiger partial charge on any atom is 0.162 e. The van der Waals surface area contributed by atoms with Crippen molar-refractivity contribution in [3.63, 3.8) is 0 Å². The van der Waals surface area contributed by atoms with Gasteiger partial charge in [-0.3, -0.25) is 0 Å². The molecule has 0 amide bonds. The molecule has 0 aromatic heterocycles. The average Bonchev–Trinajstić information content (AvgIpc) is 2.39. The highest BCUT2D eigenvalue weighted by Gasteiger charge is 2.11. The van der Waals surface area contributed by atoms with E-state index in [1.165, 1.54) is 13.0 Å². The number of halogens is 3. The van der Waals surface area contributed by atoms with Crippen LogP contribution in [0.15, 0.2) is 30.3 Å². The summed E-state index contributed by atoms with van der Waals surface area (Å²) >= 11 is 0. The van der Waals surface area contributed by atoms with Crippen molar-refractivity contribution in [1.29, 1.82) is 0 Å². The van der Waals surface area contributed by atoms with Gasteiger partial charge in [-0.05, 0) is 55.0 Å². The molecule has 100 valence electrons. The van der Waals surface area contributed by atoms with E-state index in [1.54, 1.807) is 31.2 Å². The molecule has 19 heavy (non-hydrogen) atoms. The largest absolute Gasteiger partial charge is 0.207 e. The van der Waals surface area contributed by atoms with Crippen molar-refractivity contribution in [1.82, 2.24) is 0 Å². The van der Waals surface area contributed by atoms with Crippen molar-refractivity contribution in [3.05, 3.63) is 70.0 Å². The highest BCUT2D eigenvalue weighted by Crippen LogP contribution is 2.18. The molecule has 0 saturated carbocycles. The summed E-state index contributed by atoms with van der Waals surface area (Å²) in [5.41, 5.74) is 1.98. The Labute approximate surface area is 110 Å². The highest BCUT2D eigenvalue weighted by atomic mass is 19.2. The lowest BCUT2D eigenvalue weighted by Gasteiger charge is -2.07. The van der Waals surface area contributed by atoms with Crippen LogP contribution < -0.4 is 0 Å². The summed E-state index contributed by atoms with van der Waals surface area (Å²) in [6.45, 7) is 3.21. The summed E-state index contributed by atoms with van der Waals surface area (Å²) < 4.78 is 40.4. The van der Waals surface area contributed by atoms with Crippen LogP contribution in [0.3, 0.4) is 0 Å². The third kappa shape index (κ3) is 2.98. The van der Waals surface area contributed by atoms with Crippen molar-refractivity contribution in [2.45, 2.75) is 26.7 Å². The SMILES string of the molecule is Cc1ccc(CCc2ccc(C)c(F)c2F)cc1F. The molecule has 0 nitrogen and oxygen atoms in total. The lowest BCUT2D eigenvalue weighted by atomic mass is 10.0. The summed E-state index contributed by atoms with van der Waals surface area (Å²) in [4.78, 5) is 0. The zero-order valence-corrected chi connectivity index (χ0v) is 10.9. The second-order valence-corrected chi connectivity index (χ2v) is 4.75. The van der Waals surface area contributed by atoms with Crippen LogP contribution >= 0.6 is 0 Å². The number of rotatable bonds is 3. The Balaban J connectivity index is 2.14. The lowest BCUT2D eigenvalue weighted by Crippen LogP contribution is -2.00. The molecule has 2 aromatic carbocycles. The van der Waals surface area contributed by atoms with Gasteiger partial charge in [0.25, 0.3) is 0 Å². The van der Waals surface area contributed by atoms with E-state index >= 15 is 0 Å². The normalized spacial score (nSPS) is 10.8. The maximum absolute atomic E-state index is 13.7. The Bertz CT molecular complexity index is 603. The molecule has 0 heterocycles. The van der Waals surface area contributed by atoms with Crippen molar-refractivity contribution >= 4 is 0 Å². The quantitative estimate of drug-likeness (QED) is 0.765. The van der Waals surface area contributed by atoms with Crippen LogP contribution in [0.4, 0.5) is 13.2 Å². The fourth-order valence-corrected chi connectivity index (χ4v) is 1.95. The van der Waals surface area contributed by atoms with Crippen LogP contribution in [0.5, 0.6) is 0 Å². The topological polar surface area (TPSA) is 0 Å². The van der Waals surface area contributed by atoms with Gasteiger partial charge in [0.2, 0.25) is 0 Å². The molecule has 0 fully saturated rings. The van der Waals surface area contributed by atoms with Gasteiger partial charge in [0.1, 0.15) is 5.82 Å². The predicted octanol–water partition coefficient (Wildman–Crippen LogP) is 4.51. The van der Waals surface area contributed by atoms with Crippen LogP contribution in [0, 0.1) is 31.3 Å². The molecular formula is C16H15F3. The van der Waals surface area contributed by atoms with E-state index < -0.39 is 11.6 Å². The van der Waals surface area contributed by atoms with E-state index in [0.29, 0.717) is 29.5 Å². The Morgan fingerprint density at radius 3 is 2.16 bits per heavy atom. The summed E-state index contributed by atoms with van der Waals surface area (Å²) in [6, 6.07) is 8.08. The van der Waals surface area contributed by atoms with Crippen LogP contribution in [0.25, 0.3) is 0 Å². The molecule has 0 aliphatic carbocycles. The minimum atomic E-state index is -0.799. The Hall–Kier alpha value is -1.77. The van der Waals surface area contributed by atoms with E-state index in [0.717, 1.165) is 5.56 Å². The molecule has 0 bridgehead atoms. The molecule has 0 atom stereocenters. The van der Waals surface area contributed by atoms with Gasteiger partial charge in [0.05, 0.1) is 0 Å². The minimum absolute atomic E-state index is 0.270. The Kier molecular flexibility index (Phi) is 3.93. The van der Waals surface area contributed by atoms with Gasteiger partial charge in [-0.2, -0.15) is 0 Å². The fourth-order valence-electron chi connectivity index (χ4n) is 1.95. The van der Waals surface area contributed by atoms with Gasteiger partial charge in [-0.15, -0.1) is 0 Å². The zero-order chi connectivity index (χ0) is 14.0. The smallest absolute Gasteiger partial charge is 0.162 e. The first-order chi connectivity index (χ1) is 8.99. The van der Waals surface area contributed by atoms with E-state index in [1.807, 2.05) is 0 Å². The van der Waals surface area contributed by atoms with E-state index in [9.17, 15) is 13.2 Å². The van der Waals surface area contributed by atoms with Gasteiger partial charge in [-0.25, -0.2) is 13.2 Å². The monoisotopic (exact) mass is 264 g/mol. The molecule has 2 rings (SSSR count). The van der Waals surface area contributed by atoms with Crippen LogP contribution in [-0.2, 0) is 12.8 Å². The average molecular weight is 264 g/mol. The Morgan fingerprint density at radius 1 is 0.789 bits per heavy atom. The molecule has 3 heteroatoms. The van der Waals surface area contributed by atoms with E-state index in [2.05, 4.69) is 0 Å². The Morgan fingerprint density at radius 2 is 1.47 bits per heavy atom. The van der Waals surface area contributed by atoms with Crippen molar-refractivity contribution < 1.29 is 13.2 Å². The standard InChI is InChI=1S/C16H15F3/c1-10-3-5-12(9-14(10)17)6-8-13-7-4-11(2)15(18)16(13)19/h3-5,7,9H,6,8H2,1-2H3. The first-order valence-electron chi connectivity index (χ1n) is 6.17. The van der Waals surface area contributed by atoms with Crippen LogP contribution in [-0.4, -0.2) is 0 Å². The second-order valence-electron chi connectivity index (χ2n) is 4.75. The number of benzene rings is 2. The van der Waals surface area contributed by atoms with Gasteiger partial charge in [0, 0.05) is 0 Å². The zero-order valence-electron chi connectivity index (χ0n) is 10.9. The molecular weight excluding hydrogens is 249 g/mol. The van der Waals surface area contributed by atoms with Crippen LogP contribution in [0.2, 0.25) is 0 Å². The van der Waals surface area contributed by atoms with Gasteiger partial charge in [-0.1, -0.05) is 24.3 Å². The molecule has 0 aliphatic heterocycles. The van der Waals surface area contributed by atoms with Gasteiger partial charge >= 0.3 is 0 Å². The molecule has 0 radical (unpaired) electrons. The maximum atomic E-state index is 13.7. The molecule has 0 saturated heterocycles. The summed E-state index contributed by atoms with van der Waals surface area (Å²) in [5.74, 6) is -1.87. The summed E-state index contributed by atoms with van der Waals surface area (Å²) in [7, 11) is 0. The van der Waals surface area contributed by atoms with Crippen LogP contribution in [0.1, 0.15) is 22.3 Å². The summed E-state index contributed by atoms with van der Waals surface area (Å²) in [6.07, 6.45) is 0.835. The van der Waals surface area contributed by atoms with Gasteiger partial charge in [0.15, 0.2) is 11.6 Å². The molecule has 0 spiro atoms. The molecule has 0 unspecified atom stereocenters. The first-order valence-corrected chi connectivity index (χ1v) is 6.17. The minimum Gasteiger partial charge on any atom is -0.207 e. The number of hydrogen-bond acceptors (Lipinski definition) is 0. The summed E-state index contributed by atoms with van der Waals surface area (Å²) in [5, 5.41) is 0. The first kappa shape index (κ1) is 13.7. The lowest BCUT2D eigenvalue weighted by molar-refractivity contribution is 0.493. The van der Waals surface area contributed by atoms with E-state index in [4.69, 9.17) is 0 Å². The molecule has 0 N–H and O–H groups in total. The van der Waals surface area contributed by atoms with Crippen molar-refractivity contribution in [3.8, 4) is 0 Å². The third-order valence-corrected chi connectivity index (χ3v) is 3.27. The second kappa shape index (κ2) is 5.47. The third-order valence-electron chi connectivity index (χ3n) is 3.27. The van der Waals surface area contributed by atoms with E-state index in [-0.39, 0.29) is 5.82 Å². The van der Waals surface area contributed by atoms with Gasteiger partial charge < -0.3 is 0 Å².